The fraction of sp³-hybridized carbons (Fsp3) is 0.533. The molecule has 1 atom stereocenters. The van der Waals surface area contributed by atoms with Gasteiger partial charge in [-0.1, -0.05) is 6.42 Å². The van der Waals surface area contributed by atoms with Gasteiger partial charge in [0.25, 0.3) is 5.91 Å². The van der Waals surface area contributed by atoms with Gasteiger partial charge in [-0.05, 0) is 37.8 Å². The van der Waals surface area contributed by atoms with Crippen LogP contribution < -0.4 is 5.32 Å². The second-order valence-electron chi connectivity index (χ2n) is 5.79. The molecular formula is C15H18N4O2. The number of pyridine rings is 1. The van der Waals surface area contributed by atoms with Gasteiger partial charge in [-0.2, -0.15) is 0 Å². The van der Waals surface area contributed by atoms with Crippen molar-refractivity contribution in [3.63, 3.8) is 0 Å². The van der Waals surface area contributed by atoms with E-state index in [0.717, 1.165) is 18.7 Å². The zero-order chi connectivity index (χ0) is 14.2. The minimum Gasteiger partial charge on any atom is -0.368 e. The number of fused-ring (bicyclic) bond motifs is 1. The second-order valence-corrected chi connectivity index (χ2v) is 5.79. The Bertz CT molecular complexity index is 671. The van der Waals surface area contributed by atoms with Crippen molar-refractivity contribution in [3.05, 3.63) is 24.2 Å². The molecule has 3 heterocycles. The Morgan fingerprint density at radius 3 is 2.90 bits per heavy atom. The van der Waals surface area contributed by atoms with E-state index in [9.17, 15) is 4.79 Å². The normalized spacial score (nSPS) is 22.4. The summed E-state index contributed by atoms with van der Waals surface area (Å²) in [7, 11) is 0. The first-order chi connectivity index (χ1) is 10.3. The lowest BCUT2D eigenvalue weighted by Crippen LogP contribution is -2.27. The van der Waals surface area contributed by atoms with E-state index in [1.807, 2.05) is 22.7 Å². The van der Waals surface area contributed by atoms with Crippen molar-refractivity contribution < 1.29 is 9.53 Å². The lowest BCUT2D eigenvalue weighted by molar-refractivity contribution is -0.124. The first kappa shape index (κ1) is 12.8. The molecule has 4 rings (SSSR count). The molecule has 2 aliphatic rings. The molecule has 1 N–H and O–H groups in total. The van der Waals surface area contributed by atoms with Gasteiger partial charge in [0.15, 0.2) is 5.65 Å². The third-order valence-electron chi connectivity index (χ3n) is 4.41. The third-order valence-corrected chi connectivity index (χ3v) is 4.41. The van der Waals surface area contributed by atoms with Gasteiger partial charge in [0.2, 0.25) is 0 Å². The summed E-state index contributed by atoms with van der Waals surface area (Å²) in [5.74, 6) is 1.42. The maximum atomic E-state index is 12.2. The van der Waals surface area contributed by atoms with Crippen LogP contribution in [0.5, 0.6) is 0 Å². The molecule has 6 nitrogen and oxygen atoms in total. The van der Waals surface area contributed by atoms with Crippen LogP contribution in [-0.4, -0.2) is 33.2 Å². The molecule has 2 fully saturated rings. The van der Waals surface area contributed by atoms with E-state index in [0.29, 0.717) is 23.9 Å². The minimum atomic E-state index is -0.334. The largest absolute Gasteiger partial charge is 0.368 e. The predicted octanol–water partition coefficient (Wildman–Crippen LogP) is 2.11. The number of carbonyl (C=O) groups excluding carboxylic acids is 1. The average molecular weight is 286 g/mol. The van der Waals surface area contributed by atoms with E-state index in [2.05, 4.69) is 15.5 Å². The number of hydrogen-bond acceptors (Lipinski definition) is 4. The van der Waals surface area contributed by atoms with Crippen molar-refractivity contribution in [1.29, 1.82) is 0 Å². The summed E-state index contributed by atoms with van der Waals surface area (Å²) in [6, 6.07) is 3.78. The van der Waals surface area contributed by atoms with Crippen molar-refractivity contribution >= 4 is 17.2 Å². The summed E-state index contributed by atoms with van der Waals surface area (Å²) >= 11 is 0. The highest BCUT2D eigenvalue weighted by Crippen LogP contribution is 2.35. The summed E-state index contributed by atoms with van der Waals surface area (Å²) in [5.41, 5.74) is 1.42. The lowest BCUT2D eigenvalue weighted by atomic mass is 9.85. The van der Waals surface area contributed by atoms with Gasteiger partial charge in [0.1, 0.15) is 11.9 Å². The number of anilines is 1. The van der Waals surface area contributed by atoms with Crippen LogP contribution in [0, 0.1) is 0 Å². The summed E-state index contributed by atoms with van der Waals surface area (Å²) in [6.07, 6.45) is 6.97. The van der Waals surface area contributed by atoms with Crippen LogP contribution in [0.15, 0.2) is 18.3 Å². The van der Waals surface area contributed by atoms with Gasteiger partial charge in [0.05, 0.1) is 5.69 Å². The van der Waals surface area contributed by atoms with Crippen LogP contribution in [0.1, 0.15) is 43.8 Å². The SMILES string of the molecule is O=C(Nc1cccn2c(C3CCC3)nnc12)[C@@H]1CCCO1. The van der Waals surface area contributed by atoms with E-state index in [1.54, 1.807) is 0 Å². The number of rotatable bonds is 3. The molecule has 1 saturated carbocycles. The molecule has 6 heteroatoms. The Morgan fingerprint density at radius 1 is 1.29 bits per heavy atom. The smallest absolute Gasteiger partial charge is 0.253 e. The molecular weight excluding hydrogens is 268 g/mol. The van der Waals surface area contributed by atoms with E-state index in [1.165, 1.54) is 19.3 Å². The van der Waals surface area contributed by atoms with Gasteiger partial charge in [-0.25, -0.2) is 0 Å². The fourth-order valence-corrected chi connectivity index (χ4v) is 2.97. The number of amides is 1. The fourth-order valence-electron chi connectivity index (χ4n) is 2.97. The monoisotopic (exact) mass is 286 g/mol. The van der Waals surface area contributed by atoms with E-state index >= 15 is 0 Å². The Kier molecular flexibility index (Phi) is 3.11. The molecule has 21 heavy (non-hydrogen) atoms. The molecule has 1 amide bonds. The summed E-state index contributed by atoms with van der Waals surface area (Å²) < 4.78 is 7.41. The van der Waals surface area contributed by atoms with Crippen molar-refractivity contribution in [1.82, 2.24) is 14.6 Å². The molecule has 2 aromatic heterocycles. The maximum absolute atomic E-state index is 12.2. The summed E-state index contributed by atoms with van der Waals surface area (Å²) in [5, 5.41) is 11.5. The van der Waals surface area contributed by atoms with Crippen molar-refractivity contribution in [3.8, 4) is 0 Å². The van der Waals surface area contributed by atoms with Crippen molar-refractivity contribution in [2.45, 2.75) is 44.1 Å². The number of hydrogen-bond donors (Lipinski definition) is 1. The number of carbonyl (C=O) groups is 1. The third kappa shape index (κ3) is 2.19. The topological polar surface area (TPSA) is 68.5 Å². The standard InChI is InChI=1S/C15H18N4O2/c20-15(12-7-3-9-21-12)16-11-6-2-8-19-13(10-4-1-5-10)17-18-14(11)19/h2,6,8,10,12H,1,3-5,7,9H2,(H,16,20)/t12-/m0/s1. The van der Waals surface area contributed by atoms with Gasteiger partial charge >= 0.3 is 0 Å². The molecule has 0 radical (unpaired) electrons. The molecule has 1 aliphatic heterocycles. The molecule has 1 aliphatic carbocycles. The Labute approximate surface area is 122 Å². The highest BCUT2D eigenvalue weighted by Gasteiger charge is 2.27. The Hall–Kier alpha value is -1.95. The molecule has 0 aromatic carbocycles. The maximum Gasteiger partial charge on any atom is 0.253 e. The highest BCUT2D eigenvalue weighted by atomic mass is 16.5. The molecule has 0 spiro atoms. The first-order valence-corrected chi connectivity index (χ1v) is 7.59. The number of nitrogens with one attached hydrogen (secondary N) is 1. The van der Waals surface area contributed by atoms with Crippen LogP contribution >= 0.6 is 0 Å². The molecule has 0 unspecified atom stereocenters. The van der Waals surface area contributed by atoms with Crippen LogP contribution in [0.25, 0.3) is 5.65 Å². The van der Waals surface area contributed by atoms with E-state index in [4.69, 9.17) is 4.74 Å². The zero-order valence-corrected chi connectivity index (χ0v) is 11.8. The van der Waals surface area contributed by atoms with Crippen LogP contribution in [0.4, 0.5) is 5.69 Å². The van der Waals surface area contributed by atoms with Gasteiger partial charge in [-0.3, -0.25) is 9.20 Å². The van der Waals surface area contributed by atoms with Crippen molar-refractivity contribution in [2.75, 3.05) is 11.9 Å². The summed E-state index contributed by atoms with van der Waals surface area (Å²) in [4.78, 5) is 12.2. The molecule has 2 aromatic rings. The first-order valence-electron chi connectivity index (χ1n) is 7.59. The highest BCUT2D eigenvalue weighted by molar-refractivity contribution is 5.97. The molecule has 110 valence electrons. The minimum absolute atomic E-state index is 0.0891. The van der Waals surface area contributed by atoms with Crippen LogP contribution in [-0.2, 0) is 9.53 Å². The lowest BCUT2D eigenvalue weighted by Gasteiger charge is -2.23. The molecule has 0 bridgehead atoms. The zero-order valence-electron chi connectivity index (χ0n) is 11.8. The quantitative estimate of drug-likeness (QED) is 0.938. The van der Waals surface area contributed by atoms with Gasteiger partial charge < -0.3 is 10.1 Å². The average Bonchev–Trinajstić information content (AvgIpc) is 3.07. The molecule has 1 saturated heterocycles. The van der Waals surface area contributed by atoms with E-state index in [-0.39, 0.29) is 12.0 Å². The Balaban J connectivity index is 1.62. The second kappa shape index (κ2) is 5.11. The van der Waals surface area contributed by atoms with E-state index < -0.39 is 0 Å². The van der Waals surface area contributed by atoms with Gasteiger partial charge in [-0.15, -0.1) is 10.2 Å². The number of ether oxygens (including phenoxy) is 1. The number of aromatic nitrogens is 3. The van der Waals surface area contributed by atoms with Gasteiger partial charge in [0, 0.05) is 18.7 Å². The Morgan fingerprint density at radius 2 is 2.19 bits per heavy atom. The van der Waals surface area contributed by atoms with Crippen molar-refractivity contribution in [2.24, 2.45) is 0 Å². The van der Waals surface area contributed by atoms with Crippen LogP contribution in [0.3, 0.4) is 0 Å². The predicted molar refractivity (Wildman–Crippen MR) is 77.2 cm³/mol. The van der Waals surface area contributed by atoms with Crippen LogP contribution in [0.2, 0.25) is 0 Å². The summed E-state index contributed by atoms with van der Waals surface area (Å²) in [6.45, 7) is 0.666. The number of nitrogens with zero attached hydrogens (tertiary/aromatic N) is 3.